The highest BCUT2D eigenvalue weighted by atomic mass is 16.1. The summed E-state index contributed by atoms with van der Waals surface area (Å²) in [4.78, 5) is 12.5. The van der Waals surface area contributed by atoms with Crippen molar-refractivity contribution in [3.05, 3.63) is 120 Å². The van der Waals surface area contributed by atoms with Crippen LogP contribution in [0.5, 0.6) is 0 Å². The normalized spacial score (nSPS) is 11.7. The topological polar surface area (TPSA) is 29.1 Å². The van der Waals surface area contributed by atoms with Crippen LogP contribution in [-0.2, 0) is 0 Å². The third-order valence-electron chi connectivity index (χ3n) is 5.36. The Morgan fingerprint density at radius 1 is 0.667 bits per heavy atom. The molecular formula is C28H25NO. The van der Waals surface area contributed by atoms with E-state index in [-0.39, 0.29) is 11.9 Å². The van der Waals surface area contributed by atoms with Crippen molar-refractivity contribution >= 4 is 5.91 Å². The van der Waals surface area contributed by atoms with E-state index in [4.69, 9.17) is 0 Å². The first-order chi connectivity index (χ1) is 14.6. The molecule has 0 aliphatic heterocycles. The van der Waals surface area contributed by atoms with Gasteiger partial charge >= 0.3 is 0 Å². The molecule has 1 atom stereocenters. The molecule has 0 saturated carbocycles. The molecule has 4 aromatic carbocycles. The number of carbonyl (C=O) groups excluding carboxylic acids is 1. The Kier molecular flexibility index (Phi) is 5.76. The molecule has 0 aromatic heterocycles. The van der Waals surface area contributed by atoms with Crippen molar-refractivity contribution in [3.8, 4) is 22.3 Å². The van der Waals surface area contributed by atoms with Gasteiger partial charge in [0.05, 0.1) is 6.04 Å². The van der Waals surface area contributed by atoms with Crippen molar-refractivity contribution < 1.29 is 4.79 Å². The van der Waals surface area contributed by atoms with Gasteiger partial charge in [0.1, 0.15) is 0 Å². The molecule has 0 aliphatic rings. The molecule has 0 heterocycles. The van der Waals surface area contributed by atoms with Crippen LogP contribution in [0.2, 0.25) is 0 Å². The molecule has 0 unspecified atom stereocenters. The standard InChI is InChI=1S/C28H25NO/c1-20-7-6-10-27(19-20)28(30)29-21(2)22-11-13-25(14-12-22)26-17-15-24(16-18-26)23-8-4-3-5-9-23/h3-19,21H,1-2H3,(H,29,30)/t21-/m0/s1. The molecule has 2 nitrogen and oxygen atoms in total. The van der Waals surface area contributed by atoms with E-state index in [0.717, 1.165) is 16.7 Å². The van der Waals surface area contributed by atoms with E-state index in [1.54, 1.807) is 0 Å². The van der Waals surface area contributed by atoms with Crippen LogP contribution in [-0.4, -0.2) is 5.91 Å². The molecule has 0 radical (unpaired) electrons. The molecule has 0 bridgehead atoms. The first-order valence-electron chi connectivity index (χ1n) is 10.2. The van der Waals surface area contributed by atoms with Gasteiger partial charge in [0, 0.05) is 5.56 Å². The van der Waals surface area contributed by atoms with Crippen molar-refractivity contribution in [2.24, 2.45) is 0 Å². The molecular weight excluding hydrogens is 366 g/mol. The van der Waals surface area contributed by atoms with Gasteiger partial charge in [-0.1, -0.05) is 96.6 Å². The first-order valence-corrected chi connectivity index (χ1v) is 10.2. The van der Waals surface area contributed by atoms with Crippen LogP contribution in [0.15, 0.2) is 103 Å². The molecule has 30 heavy (non-hydrogen) atoms. The Labute approximate surface area is 178 Å². The minimum atomic E-state index is -0.0625. The van der Waals surface area contributed by atoms with Gasteiger partial charge in [0.15, 0.2) is 0 Å². The number of aryl methyl sites for hydroxylation is 1. The number of carbonyl (C=O) groups is 1. The highest BCUT2D eigenvalue weighted by Gasteiger charge is 2.12. The SMILES string of the molecule is Cc1cccc(C(=O)N[C@@H](C)c2ccc(-c3ccc(-c4ccccc4)cc3)cc2)c1. The molecule has 0 aliphatic carbocycles. The van der Waals surface area contributed by atoms with E-state index in [1.807, 2.05) is 44.2 Å². The van der Waals surface area contributed by atoms with Crippen molar-refractivity contribution in [2.75, 3.05) is 0 Å². The van der Waals surface area contributed by atoms with Gasteiger partial charge in [0.25, 0.3) is 5.91 Å². The fraction of sp³-hybridized carbons (Fsp3) is 0.107. The van der Waals surface area contributed by atoms with Crippen molar-refractivity contribution in [3.63, 3.8) is 0 Å². The Balaban J connectivity index is 1.45. The lowest BCUT2D eigenvalue weighted by Crippen LogP contribution is -2.26. The van der Waals surface area contributed by atoms with E-state index in [2.05, 4.69) is 78.1 Å². The molecule has 0 fully saturated rings. The predicted octanol–water partition coefficient (Wildman–Crippen LogP) is 6.82. The van der Waals surface area contributed by atoms with Gasteiger partial charge < -0.3 is 5.32 Å². The minimum Gasteiger partial charge on any atom is -0.346 e. The Morgan fingerprint density at radius 2 is 1.20 bits per heavy atom. The van der Waals surface area contributed by atoms with Crippen molar-refractivity contribution in [2.45, 2.75) is 19.9 Å². The summed E-state index contributed by atoms with van der Waals surface area (Å²) in [5, 5.41) is 3.09. The predicted molar refractivity (Wildman–Crippen MR) is 124 cm³/mol. The van der Waals surface area contributed by atoms with Crippen LogP contribution in [0.3, 0.4) is 0 Å². The van der Waals surface area contributed by atoms with Gasteiger partial charge in [-0.2, -0.15) is 0 Å². The maximum absolute atomic E-state index is 12.5. The van der Waals surface area contributed by atoms with Crippen molar-refractivity contribution in [1.29, 1.82) is 0 Å². The maximum atomic E-state index is 12.5. The molecule has 0 spiro atoms. The number of hydrogen-bond donors (Lipinski definition) is 1. The summed E-state index contributed by atoms with van der Waals surface area (Å²) >= 11 is 0. The van der Waals surface area contributed by atoms with E-state index >= 15 is 0 Å². The summed E-state index contributed by atoms with van der Waals surface area (Å²) in [5.74, 6) is -0.0493. The summed E-state index contributed by atoms with van der Waals surface area (Å²) in [7, 11) is 0. The monoisotopic (exact) mass is 391 g/mol. The third-order valence-corrected chi connectivity index (χ3v) is 5.36. The lowest BCUT2D eigenvalue weighted by molar-refractivity contribution is 0.0940. The van der Waals surface area contributed by atoms with Gasteiger partial charge in [-0.15, -0.1) is 0 Å². The largest absolute Gasteiger partial charge is 0.346 e. The third kappa shape index (κ3) is 4.49. The second kappa shape index (κ2) is 8.79. The first kappa shape index (κ1) is 19.7. The fourth-order valence-electron chi connectivity index (χ4n) is 3.60. The van der Waals surface area contributed by atoms with Crippen LogP contribution in [0.4, 0.5) is 0 Å². The molecule has 4 aromatic rings. The zero-order valence-corrected chi connectivity index (χ0v) is 17.3. The molecule has 1 N–H and O–H groups in total. The zero-order chi connectivity index (χ0) is 20.9. The van der Waals surface area contributed by atoms with E-state index in [9.17, 15) is 4.79 Å². The second-order valence-electron chi connectivity index (χ2n) is 7.63. The summed E-state index contributed by atoms with van der Waals surface area (Å²) < 4.78 is 0. The molecule has 4 rings (SSSR count). The van der Waals surface area contributed by atoms with Crippen LogP contribution in [0, 0.1) is 6.92 Å². The van der Waals surface area contributed by atoms with Gasteiger partial charge in [0.2, 0.25) is 0 Å². The van der Waals surface area contributed by atoms with Crippen LogP contribution in [0.1, 0.15) is 34.5 Å². The highest BCUT2D eigenvalue weighted by molar-refractivity contribution is 5.94. The summed E-state index contributed by atoms with van der Waals surface area (Å²) in [6, 6.07) is 35.0. The summed E-state index contributed by atoms with van der Waals surface area (Å²) in [6.45, 7) is 4.00. The number of nitrogens with one attached hydrogen (secondary N) is 1. The van der Waals surface area contributed by atoms with Crippen LogP contribution >= 0.6 is 0 Å². The highest BCUT2D eigenvalue weighted by Crippen LogP contribution is 2.26. The van der Waals surface area contributed by atoms with Gasteiger partial charge in [-0.25, -0.2) is 0 Å². The van der Waals surface area contributed by atoms with E-state index in [0.29, 0.717) is 5.56 Å². The molecule has 2 heteroatoms. The average Bonchev–Trinajstić information content (AvgIpc) is 2.80. The Morgan fingerprint density at radius 3 is 1.77 bits per heavy atom. The number of rotatable bonds is 5. The second-order valence-corrected chi connectivity index (χ2v) is 7.63. The minimum absolute atomic E-state index is 0.0493. The zero-order valence-electron chi connectivity index (χ0n) is 17.3. The average molecular weight is 392 g/mol. The van der Waals surface area contributed by atoms with Crippen LogP contribution in [0.25, 0.3) is 22.3 Å². The molecule has 0 saturated heterocycles. The lowest BCUT2D eigenvalue weighted by Gasteiger charge is -2.15. The quantitative estimate of drug-likeness (QED) is 0.397. The van der Waals surface area contributed by atoms with Gasteiger partial charge in [-0.3, -0.25) is 4.79 Å². The van der Waals surface area contributed by atoms with Gasteiger partial charge in [-0.05, 0) is 53.8 Å². The molecule has 148 valence electrons. The van der Waals surface area contributed by atoms with Crippen molar-refractivity contribution in [1.82, 2.24) is 5.32 Å². The summed E-state index contributed by atoms with van der Waals surface area (Å²) in [6.07, 6.45) is 0. The van der Waals surface area contributed by atoms with E-state index in [1.165, 1.54) is 16.7 Å². The number of hydrogen-bond acceptors (Lipinski definition) is 1. The van der Waals surface area contributed by atoms with Crippen LogP contribution < -0.4 is 5.32 Å². The Hall–Kier alpha value is -3.65. The Bertz CT molecular complexity index is 1130. The van der Waals surface area contributed by atoms with E-state index < -0.39 is 0 Å². The lowest BCUT2D eigenvalue weighted by atomic mass is 9.98. The molecule has 1 amide bonds. The number of amides is 1. The maximum Gasteiger partial charge on any atom is 0.251 e. The smallest absolute Gasteiger partial charge is 0.251 e. The number of benzene rings is 4. The summed E-state index contributed by atoms with van der Waals surface area (Å²) in [5.41, 5.74) is 7.63. The fourth-order valence-corrected chi connectivity index (χ4v) is 3.60.